The SMILES string of the molecule is CCS(=O)(=O)c1ccc(NCC#Cc2cc3c(N[C@H]4CC[C@H](N5CC6(CCOCC6)C5)CC4)cccc3n2CC(F)(F)F)c(OC)c1. The molecule has 254 valence electrons. The molecule has 3 fully saturated rings. The minimum Gasteiger partial charge on any atom is -0.495 e. The van der Waals surface area contributed by atoms with E-state index in [0.717, 1.165) is 62.8 Å². The molecule has 3 aromatic rings. The Bertz CT molecular complexity index is 1740. The molecule has 2 aromatic carbocycles. The molecule has 0 radical (unpaired) electrons. The summed E-state index contributed by atoms with van der Waals surface area (Å²) in [6.07, 6.45) is 2.17. The molecule has 0 amide bonds. The highest BCUT2D eigenvalue weighted by atomic mass is 32.2. The number of benzene rings is 2. The number of fused-ring (bicyclic) bond motifs is 1. The maximum atomic E-state index is 13.7. The monoisotopic (exact) mass is 672 g/mol. The summed E-state index contributed by atoms with van der Waals surface area (Å²) in [4.78, 5) is 2.80. The lowest BCUT2D eigenvalue weighted by atomic mass is 9.71. The van der Waals surface area contributed by atoms with Crippen LogP contribution in [0.25, 0.3) is 10.9 Å². The van der Waals surface area contributed by atoms with Gasteiger partial charge in [0.1, 0.15) is 12.3 Å². The minimum atomic E-state index is -4.42. The number of likely N-dealkylation sites (tertiary alicyclic amines) is 1. The van der Waals surface area contributed by atoms with E-state index >= 15 is 0 Å². The van der Waals surface area contributed by atoms with Gasteiger partial charge in [-0.25, -0.2) is 8.42 Å². The van der Waals surface area contributed by atoms with Gasteiger partial charge in [0.25, 0.3) is 0 Å². The Morgan fingerprint density at radius 3 is 2.47 bits per heavy atom. The zero-order chi connectivity index (χ0) is 33.2. The lowest BCUT2D eigenvalue weighted by Gasteiger charge is -2.56. The second kappa shape index (κ2) is 13.6. The molecule has 3 aliphatic rings. The molecule has 3 heterocycles. The van der Waals surface area contributed by atoms with Crippen LogP contribution in [-0.2, 0) is 21.1 Å². The Morgan fingerprint density at radius 1 is 1.04 bits per heavy atom. The van der Waals surface area contributed by atoms with Crippen LogP contribution in [-0.4, -0.2) is 81.9 Å². The number of hydrogen-bond acceptors (Lipinski definition) is 7. The molecule has 2 aliphatic heterocycles. The highest BCUT2D eigenvalue weighted by Gasteiger charge is 2.46. The molecule has 47 heavy (non-hydrogen) atoms. The average Bonchev–Trinajstić information content (AvgIpc) is 3.39. The first-order chi connectivity index (χ1) is 22.5. The normalized spacial score (nSPS) is 21.6. The first-order valence-electron chi connectivity index (χ1n) is 16.4. The van der Waals surface area contributed by atoms with Crippen molar-refractivity contribution in [3.05, 3.63) is 48.2 Å². The van der Waals surface area contributed by atoms with Gasteiger partial charge >= 0.3 is 6.18 Å². The minimum absolute atomic E-state index is 0.0330. The van der Waals surface area contributed by atoms with Crippen molar-refractivity contribution >= 4 is 32.1 Å². The fourth-order valence-electron chi connectivity index (χ4n) is 7.31. The molecule has 8 nitrogen and oxygen atoms in total. The maximum Gasteiger partial charge on any atom is 0.406 e. The van der Waals surface area contributed by atoms with Crippen LogP contribution < -0.4 is 15.4 Å². The first-order valence-corrected chi connectivity index (χ1v) is 18.1. The Kier molecular flexibility index (Phi) is 9.70. The van der Waals surface area contributed by atoms with Crippen molar-refractivity contribution in [2.45, 2.75) is 75.1 Å². The number of hydrogen-bond donors (Lipinski definition) is 2. The summed E-state index contributed by atoms with van der Waals surface area (Å²) in [7, 11) is -1.97. The summed E-state index contributed by atoms with van der Waals surface area (Å²) in [6, 6.07) is 12.6. The molecule has 0 atom stereocenters. The maximum absolute atomic E-state index is 13.7. The lowest BCUT2D eigenvalue weighted by Crippen LogP contribution is -2.62. The fraction of sp³-hybridized carbons (Fsp3) is 0.543. The van der Waals surface area contributed by atoms with Crippen molar-refractivity contribution < 1.29 is 31.1 Å². The molecular weight excluding hydrogens is 629 g/mol. The van der Waals surface area contributed by atoms with E-state index in [1.165, 1.54) is 36.9 Å². The zero-order valence-electron chi connectivity index (χ0n) is 27.0. The summed E-state index contributed by atoms with van der Waals surface area (Å²) in [6.45, 7) is 4.65. The number of methoxy groups -OCH3 is 1. The molecule has 1 spiro atoms. The van der Waals surface area contributed by atoms with E-state index in [2.05, 4.69) is 27.4 Å². The highest BCUT2D eigenvalue weighted by Crippen LogP contribution is 2.43. The number of nitrogens with zero attached hydrogens (tertiary/aromatic N) is 2. The van der Waals surface area contributed by atoms with Gasteiger partial charge in [0.15, 0.2) is 9.84 Å². The van der Waals surface area contributed by atoms with Gasteiger partial charge in [-0.1, -0.05) is 18.9 Å². The summed E-state index contributed by atoms with van der Waals surface area (Å²) >= 11 is 0. The third kappa shape index (κ3) is 7.53. The van der Waals surface area contributed by atoms with E-state index in [1.54, 1.807) is 31.2 Å². The molecule has 1 aromatic heterocycles. The number of rotatable bonds is 9. The molecule has 1 aliphatic carbocycles. The van der Waals surface area contributed by atoms with E-state index in [4.69, 9.17) is 9.47 Å². The molecular formula is C35H43F3N4O4S. The molecule has 2 saturated heterocycles. The van der Waals surface area contributed by atoms with Crippen molar-refractivity contribution in [2.24, 2.45) is 5.41 Å². The molecule has 1 saturated carbocycles. The van der Waals surface area contributed by atoms with Crippen LogP contribution in [0.1, 0.15) is 51.1 Å². The second-order valence-electron chi connectivity index (χ2n) is 13.1. The van der Waals surface area contributed by atoms with Crippen LogP contribution in [0, 0.1) is 17.3 Å². The third-order valence-electron chi connectivity index (χ3n) is 9.98. The van der Waals surface area contributed by atoms with Crippen LogP contribution >= 0.6 is 0 Å². The summed E-state index contributed by atoms with van der Waals surface area (Å²) < 4.78 is 77.8. The summed E-state index contributed by atoms with van der Waals surface area (Å²) in [5, 5.41) is 7.46. The Labute approximate surface area is 274 Å². The topological polar surface area (TPSA) is 84.8 Å². The van der Waals surface area contributed by atoms with E-state index < -0.39 is 22.6 Å². The second-order valence-corrected chi connectivity index (χ2v) is 15.3. The van der Waals surface area contributed by atoms with E-state index in [9.17, 15) is 21.6 Å². The standard InChI is InChI=1S/C35H43F3N4O4S/c1-3-47(43,44)28-13-14-31(33(21-28)45-2)39-17-5-6-27-20-29-30(7-4-8-32(29)42(27)24-35(36,37)38)40-25-9-11-26(12-10-25)41-22-34(23-41)15-18-46-19-16-34/h4,7-8,13-14,20-21,25-26,39-40H,3,9-12,15-19,22-24H2,1-2H3/t25-,26-. The Hall–Kier alpha value is -3.40. The van der Waals surface area contributed by atoms with Gasteiger partial charge in [0.2, 0.25) is 0 Å². The fourth-order valence-corrected chi connectivity index (χ4v) is 8.21. The van der Waals surface area contributed by atoms with Crippen molar-refractivity contribution in [3.8, 4) is 17.6 Å². The largest absolute Gasteiger partial charge is 0.495 e. The van der Waals surface area contributed by atoms with Crippen molar-refractivity contribution in [3.63, 3.8) is 0 Å². The molecule has 6 rings (SSSR count). The number of anilines is 2. The van der Waals surface area contributed by atoms with E-state index in [0.29, 0.717) is 28.4 Å². The van der Waals surface area contributed by atoms with Gasteiger partial charge < -0.3 is 24.7 Å². The van der Waals surface area contributed by atoms with Gasteiger partial charge in [0, 0.05) is 60.9 Å². The van der Waals surface area contributed by atoms with E-state index in [-0.39, 0.29) is 28.9 Å². The van der Waals surface area contributed by atoms with Crippen molar-refractivity contribution in [1.29, 1.82) is 0 Å². The molecule has 0 unspecified atom stereocenters. The van der Waals surface area contributed by atoms with E-state index in [1.807, 2.05) is 6.07 Å². The zero-order valence-corrected chi connectivity index (χ0v) is 27.8. The third-order valence-corrected chi connectivity index (χ3v) is 11.7. The number of alkyl halides is 3. The summed E-state index contributed by atoms with van der Waals surface area (Å²) in [5.74, 6) is 6.18. The summed E-state index contributed by atoms with van der Waals surface area (Å²) in [5.41, 5.74) is 2.57. The first kappa shape index (κ1) is 33.5. The van der Waals surface area contributed by atoms with Gasteiger partial charge in [-0.15, -0.1) is 0 Å². The Morgan fingerprint density at radius 2 is 1.79 bits per heavy atom. The quantitative estimate of drug-likeness (QED) is 0.258. The van der Waals surface area contributed by atoms with Crippen LogP contribution in [0.2, 0.25) is 0 Å². The van der Waals surface area contributed by atoms with Crippen LogP contribution in [0.5, 0.6) is 5.75 Å². The molecule has 2 N–H and O–H groups in total. The average molecular weight is 673 g/mol. The van der Waals surface area contributed by atoms with Crippen LogP contribution in [0.3, 0.4) is 0 Å². The van der Waals surface area contributed by atoms with Crippen molar-refractivity contribution in [2.75, 3.05) is 56.3 Å². The smallest absolute Gasteiger partial charge is 0.406 e. The molecule has 12 heteroatoms. The molecule has 0 bridgehead atoms. The van der Waals surface area contributed by atoms with Gasteiger partial charge in [-0.05, 0) is 74.8 Å². The number of ether oxygens (including phenoxy) is 2. The number of aromatic nitrogens is 1. The Balaban J connectivity index is 1.14. The van der Waals surface area contributed by atoms with Gasteiger partial charge in [-0.3, -0.25) is 4.90 Å². The number of sulfone groups is 1. The number of halogens is 3. The van der Waals surface area contributed by atoms with Gasteiger partial charge in [0.05, 0.1) is 41.2 Å². The van der Waals surface area contributed by atoms with Crippen LogP contribution in [0.4, 0.5) is 24.5 Å². The number of nitrogens with one attached hydrogen (secondary N) is 2. The predicted octanol–water partition coefficient (Wildman–Crippen LogP) is 6.30. The predicted molar refractivity (Wildman–Crippen MR) is 178 cm³/mol. The highest BCUT2D eigenvalue weighted by molar-refractivity contribution is 7.91. The van der Waals surface area contributed by atoms with Gasteiger partial charge in [-0.2, -0.15) is 13.2 Å². The lowest BCUT2D eigenvalue weighted by molar-refractivity contribution is -0.140. The van der Waals surface area contributed by atoms with Crippen LogP contribution in [0.15, 0.2) is 47.4 Å². The van der Waals surface area contributed by atoms with Crippen molar-refractivity contribution in [1.82, 2.24) is 9.47 Å².